The maximum absolute atomic E-state index is 14.1. The predicted octanol–water partition coefficient (Wildman–Crippen LogP) is 6.02. The SMILES string of the molecule is CC(C)n1c(CC[C@@H](O)C[C@@H](O)CC(=O)O)c(-c2ccc(F)cc2)c(-c2ccccc2)c1C(=O)Nc1ccc(O)cc1. The molecule has 5 N–H and O–H groups in total. The van der Waals surface area contributed by atoms with Gasteiger partial charge in [-0.2, -0.15) is 0 Å². The highest BCUT2D eigenvalue weighted by Gasteiger charge is 2.30. The first-order chi connectivity index (χ1) is 20.0. The minimum absolute atomic E-state index is 0.0662. The second-order valence-electron chi connectivity index (χ2n) is 10.6. The number of phenolic OH excluding ortho intramolecular Hbond substituents is 1. The van der Waals surface area contributed by atoms with Crippen LogP contribution in [0.5, 0.6) is 5.75 Å². The summed E-state index contributed by atoms with van der Waals surface area (Å²) in [5.41, 5.74) is 4.40. The van der Waals surface area contributed by atoms with Crippen LogP contribution in [0.1, 0.15) is 55.3 Å². The van der Waals surface area contributed by atoms with Crippen LogP contribution >= 0.6 is 0 Å². The molecule has 0 saturated carbocycles. The first-order valence-corrected chi connectivity index (χ1v) is 13.8. The molecule has 0 unspecified atom stereocenters. The Morgan fingerprint density at radius 1 is 0.857 bits per heavy atom. The maximum atomic E-state index is 14.1. The van der Waals surface area contributed by atoms with Crippen LogP contribution in [0.25, 0.3) is 22.3 Å². The third-order valence-corrected chi connectivity index (χ3v) is 7.03. The lowest BCUT2D eigenvalue weighted by Crippen LogP contribution is -2.22. The molecule has 0 aliphatic carbocycles. The molecule has 0 aliphatic rings. The van der Waals surface area contributed by atoms with Gasteiger partial charge >= 0.3 is 5.97 Å². The van der Waals surface area contributed by atoms with Crippen LogP contribution in [0.4, 0.5) is 10.1 Å². The number of carbonyl (C=O) groups excluding carboxylic acids is 1. The smallest absolute Gasteiger partial charge is 0.305 e. The third-order valence-electron chi connectivity index (χ3n) is 7.03. The van der Waals surface area contributed by atoms with Crippen molar-refractivity contribution in [1.29, 1.82) is 0 Å². The largest absolute Gasteiger partial charge is 0.508 e. The topological polar surface area (TPSA) is 132 Å². The summed E-state index contributed by atoms with van der Waals surface area (Å²) in [4.78, 5) is 25.0. The highest BCUT2D eigenvalue weighted by Crippen LogP contribution is 2.43. The number of carboxylic acid groups (broad SMARTS) is 1. The number of carboxylic acids is 1. The standard InChI is InChI=1S/C33H35FN2O6/c1-20(2)36-28(17-16-26(38)18-27(39)19-29(40)41)30(22-8-10-23(34)11-9-22)31(21-6-4-3-5-7-21)32(36)33(42)35-24-12-14-25(37)15-13-24/h3-15,20,26-27,37-39H,16-19H2,1-2H3,(H,35,42)(H,40,41)/t26-,27-/m1/s1. The van der Waals surface area contributed by atoms with Gasteiger partial charge in [0.15, 0.2) is 0 Å². The number of hydrogen-bond acceptors (Lipinski definition) is 5. The van der Waals surface area contributed by atoms with Gasteiger partial charge in [0.2, 0.25) is 0 Å². The van der Waals surface area contributed by atoms with Crippen LogP contribution in [0.3, 0.4) is 0 Å². The zero-order chi connectivity index (χ0) is 30.4. The number of aliphatic hydroxyl groups excluding tert-OH is 2. The van der Waals surface area contributed by atoms with E-state index in [2.05, 4.69) is 5.32 Å². The van der Waals surface area contributed by atoms with Gasteiger partial charge in [0, 0.05) is 28.6 Å². The number of amides is 1. The second kappa shape index (κ2) is 13.5. The fourth-order valence-corrected chi connectivity index (χ4v) is 5.25. The number of carbonyl (C=O) groups is 2. The molecule has 8 nitrogen and oxygen atoms in total. The van der Waals surface area contributed by atoms with Gasteiger partial charge in [0.25, 0.3) is 5.91 Å². The van der Waals surface area contributed by atoms with E-state index in [0.29, 0.717) is 28.1 Å². The number of aliphatic hydroxyl groups is 2. The molecule has 9 heteroatoms. The lowest BCUT2D eigenvalue weighted by Gasteiger charge is -2.20. The highest BCUT2D eigenvalue weighted by atomic mass is 19.1. The maximum Gasteiger partial charge on any atom is 0.305 e. The first kappa shape index (κ1) is 30.5. The average molecular weight is 575 g/mol. The summed E-state index contributed by atoms with van der Waals surface area (Å²) in [6, 6.07) is 21.4. The molecule has 2 atom stereocenters. The van der Waals surface area contributed by atoms with E-state index in [4.69, 9.17) is 5.11 Å². The van der Waals surface area contributed by atoms with Gasteiger partial charge in [-0.25, -0.2) is 4.39 Å². The summed E-state index contributed by atoms with van der Waals surface area (Å²) in [6.07, 6.45) is -2.30. The fourth-order valence-electron chi connectivity index (χ4n) is 5.25. The Labute approximate surface area is 243 Å². The van der Waals surface area contributed by atoms with Crippen LogP contribution in [0.15, 0.2) is 78.9 Å². The number of nitrogens with one attached hydrogen (secondary N) is 1. The molecule has 4 rings (SSSR count). The minimum atomic E-state index is -1.20. The summed E-state index contributed by atoms with van der Waals surface area (Å²) >= 11 is 0. The average Bonchev–Trinajstić information content (AvgIpc) is 3.29. The molecular formula is C33H35FN2O6. The van der Waals surface area contributed by atoms with E-state index in [-0.39, 0.29) is 37.0 Å². The number of hydrogen-bond donors (Lipinski definition) is 5. The summed E-state index contributed by atoms with van der Waals surface area (Å²) in [7, 11) is 0. The zero-order valence-corrected chi connectivity index (χ0v) is 23.5. The number of aromatic nitrogens is 1. The molecule has 3 aromatic carbocycles. The number of nitrogens with zero attached hydrogens (tertiary/aromatic N) is 1. The van der Waals surface area contributed by atoms with Crippen LogP contribution in [0, 0.1) is 5.82 Å². The van der Waals surface area contributed by atoms with Crippen molar-refractivity contribution in [3.05, 3.63) is 96.1 Å². The number of aliphatic carboxylic acids is 1. The van der Waals surface area contributed by atoms with Crippen LogP contribution < -0.4 is 5.32 Å². The van der Waals surface area contributed by atoms with Gasteiger partial charge in [-0.15, -0.1) is 0 Å². The van der Waals surface area contributed by atoms with Crippen molar-refractivity contribution in [2.75, 3.05) is 5.32 Å². The Bertz CT molecular complexity index is 1520. The minimum Gasteiger partial charge on any atom is -0.508 e. The van der Waals surface area contributed by atoms with Gasteiger partial charge in [-0.3, -0.25) is 9.59 Å². The fraction of sp³-hybridized carbons (Fsp3) is 0.273. The molecular weight excluding hydrogens is 539 g/mol. The molecule has 4 aromatic rings. The van der Waals surface area contributed by atoms with Gasteiger partial charge in [-0.1, -0.05) is 42.5 Å². The molecule has 0 bridgehead atoms. The number of benzene rings is 3. The number of halogens is 1. The molecule has 42 heavy (non-hydrogen) atoms. The summed E-state index contributed by atoms with van der Waals surface area (Å²) in [6.45, 7) is 3.88. The molecule has 1 heterocycles. The first-order valence-electron chi connectivity index (χ1n) is 13.8. The molecule has 220 valence electrons. The van der Waals surface area contributed by atoms with Crippen molar-refractivity contribution < 1.29 is 34.4 Å². The van der Waals surface area contributed by atoms with Crippen molar-refractivity contribution in [1.82, 2.24) is 4.57 Å². The Morgan fingerprint density at radius 2 is 1.48 bits per heavy atom. The van der Waals surface area contributed by atoms with Crippen molar-refractivity contribution in [2.24, 2.45) is 0 Å². The normalized spacial score (nSPS) is 12.7. The van der Waals surface area contributed by atoms with Crippen LogP contribution in [0.2, 0.25) is 0 Å². The summed E-state index contributed by atoms with van der Waals surface area (Å²) in [5.74, 6) is -1.88. The van der Waals surface area contributed by atoms with Crippen LogP contribution in [-0.4, -0.2) is 49.1 Å². The van der Waals surface area contributed by atoms with Crippen molar-refractivity contribution in [3.63, 3.8) is 0 Å². The van der Waals surface area contributed by atoms with Crippen molar-refractivity contribution >= 4 is 17.6 Å². The van der Waals surface area contributed by atoms with Gasteiger partial charge in [-0.05, 0) is 80.6 Å². The quantitative estimate of drug-likeness (QED) is 0.132. The molecule has 1 amide bonds. The Balaban J connectivity index is 1.89. The van der Waals surface area contributed by atoms with E-state index < -0.39 is 30.4 Å². The van der Waals surface area contributed by atoms with Crippen molar-refractivity contribution in [3.8, 4) is 28.0 Å². The monoisotopic (exact) mass is 574 g/mol. The molecule has 0 fully saturated rings. The number of anilines is 1. The molecule has 0 spiro atoms. The van der Waals surface area contributed by atoms with E-state index in [1.807, 2.05) is 48.7 Å². The molecule has 0 saturated heterocycles. The highest BCUT2D eigenvalue weighted by molar-refractivity contribution is 6.11. The van der Waals surface area contributed by atoms with E-state index in [1.165, 1.54) is 24.3 Å². The second-order valence-corrected chi connectivity index (χ2v) is 10.6. The van der Waals surface area contributed by atoms with Gasteiger partial charge in [0.1, 0.15) is 17.3 Å². The van der Waals surface area contributed by atoms with Crippen LogP contribution in [-0.2, 0) is 11.2 Å². The Kier molecular flexibility index (Phi) is 9.77. The molecule has 0 aliphatic heterocycles. The number of rotatable bonds is 12. The Hall–Kier alpha value is -4.47. The van der Waals surface area contributed by atoms with Crippen molar-refractivity contribution in [2.45, 2.75) is 57.8 Å². The van der Waals surface area contributed by atoms with E-state index >= 15 is 0 Å². The van der Waals surface area contributed by atoms with Gasteiger partial charge in [0.05, 0.1) is 18.6 Å². The van der Waals surface area contributed by atoms with E-state index in [1.54, 1.807) is 24.3 Å². The van der Waals surface area contributed by atoms with Gasteiger partial charge < -0.3 is 30.3 Å². The summed E-state index contributed by atoms with van der Waals surface area (Å²) < 4.78 is 15.9. The number of aromatic hydroxyl groups is 1. The number of phenols is 1. The lowest BCUT2D eigenvalue weighted by atomic mass is 9.92. The summed E-state index contributed by atoms with van der Waals surface area (Å²) in [5, 5.41) is 42.4. The lowest BCUT2D eigenvalue weighted by molar-refractivity contribution is -0.139. The molecule has 1 aromatic heterocycles. The van der Waals surface area contributed by atoms with E-state index in [0.717, 1.165) is 11.3 Å². The molecule has 0 radical (unpaired) electrons. The third kappa shape index (κ3) is 7.23. The zero-order valence-electron chi connectivity index (χ0n) is 23.5. The van der Waals surface area contributed by atoms with E-state index in [9.17, 15) is 29.3 Å². The Morgan fingerprint density at radius 3 is 2.07 bits per heavy atom. The predicted molar refractivity (Wildman–Crippen MR) is 159 cm³/mol.